The van der Waals surface area contributed by atoms with Crippen LogP contribution < -0.4 is 11.1 Å². The van der Waals surface area contributed by atoms with Gasteiger partial charge >= 0.3 is 0 Å². The fourth-order valence-corrected chi connectivity index (χ4v) is 3.32. The van der Waals surface area contributed by atoms with Gasteiger partial charge in [-0.15, -0.1) is 0 Å². The van der Waals surface area contributed by atoms with Crippen LogP contribution in [0, 0.1) is 24.6 Å². The molecule has 0 aromatic heterocycles. The number of carbonyl (C=O) groups is 1. The van der Waals surface area contributed by atoms with E-state index < -0.39 is 5.54 Å². The number of primary amides is 1. The van der Waals surface area contributed by atoms with E-state index in [1.54, 1.807) is 0 Å². The van der Waals surface area contributed by atoms with Gasteiger partial charge in [0.25, 0.3) is 0 Å². The zero-order valence-electron chi connectivity index (χ0n) is 12.4. The van der Waals surface area contributed by atoms with E-state index in [2.05, 4.69) is 12.2 Å². The SMILES string of the molecule is Cc1cc(F)cc(NC2(C(N)=O)CCC(C)CC2C)c1. The number of anilines is 1. The lowest BCUT2D eigenvalue weighted by molar-refractivity contribution is -0.125. The van der Waals surface area contributed by atoms with Gasteiger partial charge in [-0.3, -0.25) is 4.79 Å². The number of nitrogens with one attached hydrogen (secondary N) is 1. The van der Waals surface area contributed by atoms with Gasteiger partial charge in [-0.05, 0) is 61.8 Å². The zero-order valence-corrected chi connectivity index (χ0v) is 12.4. The summed E-state index contributed by atoms with van der Waals surface area (Å²) in [4.78, 5) is 12.0. The van der Waals surface area contributed by atoms with Crippen LogP contribution in [0.2, 0.25) is 0 Å². The first-order valence-electron chi connectivity index (χ1n) is 7.19. The molecule has 2 rings (SSSR count). The highest BCUT2D eigenvalue weighted by molar-refractivity contribution is 5.88. The average molecular weight is 278 g/mol. The van der Waals surface area contributed by atoms with Crippen LogP contribution in [-0.4, -0.2) is 11.4 Å². The van der Waals surface area contributed by atoms with Crippen molar-refractivity contribution in [2.75, 3.05) is 5.32 Å². The summed E-state index contributed by atoms with van der Waals surface area (Å²) in [5, 5.41) is 3.23. The predicted octanol–water partition coefficient (Wildman–Crippen LogP) is 3.23. The third kappa shape index (κ3) is 2.79. The summed E-state index contributed by atoms with van der Waals surface area (Å²) >= 11 is 0. The van der Waals surface area contributed by atoms with E-state index in [9.17, 15) is 9.18 Å². The van der Waals surface area contributed by atoms with Gasteiger partial charge < -0.3 is 11.1 Å². The number of nitrogens with two attached hydrogens (primary N) is 1. The molecule has 0 radical (unpaired) electrons. The molecule has 0 spiro atoms. The molecule has 0 saturated heterocycles. The number of hydrogen-bond acceptors (Lipinski definition) is 2. The minimum atomic E-state index is -0.771. The van der Waals surface area contributed by atoms with Gasteiger partial charge in [-0.2, -0.15) is 0 Å². The highest BCUT2D eigenvalue weighted by atomic mass is 19.1. The fourth-order valence-electron chi connectivity index (χ4n) is 3.32. The van der Waals surface area contributed by atoms with Crippen molar-refractivity contribution < 1.29 is 9.18 Å². The van der Waals surface area contributed by atoms with E-state index in [1.807, 2.05) is 19.9 Å². The van der Waals surface area contributed by atoms with Gasteiger partial charge in [0.1, 0.15) is 11.4 Å². The van der Waals surface area contributed by atoms with E-state index >= 15 is 0 Å². The van der Waals surface area contributed by atoms with Crippen molar-refractivity contribution in [2.24, 2.45) is 17.6 Å². The van der Waals surface area contributed by atoms with Crippen LogP contribution in [0.3, 0.4) is 0 Å². The summed E-state index contributed by atoms with van der Waals surface area (Å²) in [5.41, 5.74) is 6.35. The lowest BCUT2D eigenvalue weighted by Gasteiger charge is -2.43. The summed E-state index contributed by atoms with van der Waals surface area (Å²) in [6.07, 6.45) is 2.60. The third-order valence-electron chi connectivity index (χ3n) is 4.48. The number of benzene rings is 1. The van der Waals surface area contributed by atoms with Crippen LogP contribution in [0.15, 0.2) is 18.2 Å². The standard InChI is InChI=1S/C16H23FN2O/c1-10-4-5-16(15(18)20,12(3)6-10)19-14-8-11(2)7-13(17)9-14/h7-10,12,19H,4-6H2,1-3H3,(H2,18,20). The molecule has 110 valence electrons. The smallest absolute Gasteiger partial charge is 0.243 e. The topological polar surface area (TPSA) is 55.1 Å². The fraction of sp³-hybridized carbons (Fsp3) is 0.562. The molecule has 3 nitrogen and oxygen atoms in total. The normalized spacial score (nSPS) is 30.0. The Hall–Kier alpha value is -1.58. The molecule has 0 heterocycles. The second-order valence-electron chi connectivity index (χ2n) is 6.26. The predicted molar refractivity (Wildman–Crippen MR) is 78.9 cm³/mol. The van der Waals surface area contributed by atoms with Crippen LogP contribution in [-0.2, 0) is 4.79 Å². The second-order valence-corrected chi connectivity index (χ2v) is 6.26. The zero-order chi connectivity index (χ0) is 14.9. The Balaban J connectivity index is 2.32. The van der Waals surface area contributed by atoms with Crippen molar-refractivity contribution in [1.29, 1.82) is 0 Å². The second kappa shape index (κ2) is 5.43. The molecule has 1 aliphatic rings. The molecule has 3 unspecified atom stereocenters. The van der Waals surface area contributed by atoms with E-state index in [1.165, 1.54) is 12.1 Å². The monoisotopic (exact) mass is 278 g/mol. The maximum absolute atomic E-state index is 13.5. The maximum atomic E-state index is 13.5. The van der Waals surface area contributed by atoms with Gasteiger partial charge in [0, 0.05) is 5.69 Å². The summed E-state index contributed by atoms with van der Waals surface area (Å²) in [5.74, 6) is 0.0728. The van der Waals surface area contributed by atoms with Crippen LogP contribution in [0.25, 0.3) is 0 Å². The lowest BCUT2D eigenvalue weighted by atomic mass is 9.69. The minimum Gasteiger partial charge on any atom is -0.371 e. The summed E-state index contributed by atoms with van der Waals surface area (Å²) in [6.45, 7) is 6.06. The van der Waals surface area contributed by atoms with Crippen molar-refractivity contribution in [1.82, 2.24) is 0 Å². The van der Waals surface area contributed by atoms with E-state index in [-0.39, 0.29) is 17.6 Å². The highest BCUT2D eigenvalue weighted by Crippen LogP contribution is 2.39. The number of carbonyl (C=O) groups excluding carboxylic acids is 1. The Morgan fingerprint density at radius 2 is 2.10 bits per heavy atom. The summed E-state index contributed by atoms with van der Waals surface area (Å²) in [6, 6.07) is 4.73. The number of rotatable bonds is 3. The van der Waals surface area contributed by atoms with E-state index in [0.29, 0.717) is 18.0 Å². The molecule has 20 heavy (non-hydrogen) atoms. The number of aryl methyl sites for hydroxylation is 1. The number of hydrogen-bond donors (Lipinski definition) is 2. The molecule has 1 saturated carbocycles. The van der Waals surface area contributed by atoms with Crippen molar-refractivity contribution in [3.63, 3.8) is 0 Å². The molecule has 3 atom stereocenters. The van der Waals surface area contributed by atoms with Crippen molar-refractivity contribution in [3.8, 4) is 0 Å². The van der Waals surface area contributed by atoms with E-state index in [0.717, 1.165) is 18.4 Å². The van der Waals surface area contributed by atoms with Crippen LogP contribution >= 0.6 is 0 Å². The molecular weight excluding hydrogens is 255 g/mol. The Morgan fingerprint density at radius 1 is 1.40 bits per heavy atom. The van der Waals surface area contributed by atoms with Gasteiger partial charge in [0.05, 0.1) is 0 Å². The largest absolute Gasteiger partial charge is 0.371 e. The van der Waals surface area contributed by atoms with Gasteiger partial charge in [-0.25, -0.2) is 4.39 Å². The maximum Gasteiger partial charge on any atom is 0.243 e. The van der Waals surface area contributed by atoms with Gasteiger partial charge in [0.15, 0.2) is 0 Å². The first kappa shape index (κ1) is 14.8. The Bertz CT molecular complexity index is 497. The van der Waals surface area contributed by atoms with Crippen LogP contribution in [0.4, 0.5) is 10.1 Å². The Morgan fingerprint density at radius 3 is 2.65 bits per heavy atom. The number of halogens is 1. The lowest BCUT2D eigenvalue weighted by Crippen LogP contribution is -2.57. The third-order valence-corrected chi connectivity index (χ3v) is 4.48. The first-order valence-corrected chi connectivity index (χ1v) is 7.19. The molecule has 1 aliphatic carbocycles. The van der Waals surface area contributed by atoms with Crippen molar-refractivity contribution >= 4 is 11.6 Å². The van der Waals surface area contributed by atoms with Crippen molar-refractivity contribution in [3.05, 3.63) is 29.6 Å². The molecular formula is C16H23FN2O. The molecule has 1 aromatic rings. The first-order chi connectivity index (χ1) is 9.33. The average Bonchev–Trinajstić information content (AvgIpc) is 2.31. The van der Waals surface area contributed by atoms with Crippen LogP contribution in [0.1, 0.15) is 38.7 Å². The minimum absolute atomic E-state index is 0.132. The number of amides is 1. The molecule has 0 aliphatic heterocycles. The van der Waals surface area contributed by atoms with E-state index in [4.69, 9.17) is 5.73 Å². The Labute approximate surface area is 119 Å². The van der Waals surface area contributed by atoms with Crippen molar-refractivity contribution in [2.45, 2.75) is 45.6 Å². The van der Waals surface area contributed by atoms with Crippen LogP contribution in [0.5, 0.6) is 0 Å². The molecule has 3 N–H and O–H groups in total. The highest BCUT2D eigenvalue weighted by Gasteiger charge is 2.45. The molecule has 1 aromatic carbocycles. The Kier molecular flexibility index (Phi) is 4.02. The molecule has 1 fully saturated rings. The molecule has 1 amide bonds. The van der Waals surface area contributed by atoms with Gasteiger partial charge in [0.2, 0.25) is 5.91 Å². The van der Waals surface area contributed by atoms with Gasteiger partial charge in [-0.1, -0.05) is 13.8 Å². The summed E-state index contributed by atoms with van der Waals surface area (Å²) in [7, 11) is 0. The molecule has 0 bridgehead atoms. The molecule has 4 heteroatoms. The quantitative estimate of drug-likeness (QED) is 0.892. The summed E-state index contributed by atoms with van der Waals surface area (Å²) < 4.78 is 13.5.